The Hall–Kier alpha value is -0.315. The zero-order chi connectivity index (χ0) is 10.6. The van der Waals surface area contributed by atoms with E-state index in [0.717, 1.165) is 11.1 Å². The quantitative estimate of drug-likeness (QED) is 0.276. The van der Waals surface area contributed by atoms with E-state index in [1.165, 1.54) is 4.90 Å². The second-order valence-electron chi connectivity index (χ2n) is 3.26. The molecule has 0 aromatic carbocycles. The SMILES string of the molecule is C=C1[CH]C=CC=C1CN=C([O-])N(C)C.[Li+].[Li]. The zero-order valence-corrected chi connectivity index (χ0v) is 10.5. The summed E-state index contributed by atoms with van der Waals surface area (Å²) in [6, 6.07) is -0.215. The van der Waals surface area contributed by atoms with Gasteiger partial charge in [0.1, 0.15) is 0 Å². The van der Waals surface area contributed by atoms with Crippen LogP contribution in [0.1, 0.15) is 0 Å². The third kappa shape index (κ3) is 5.68. The van der Waals surface area contributed by atoms with Gasteiger partial charge in [-0.05, 0) is 11.1 Å². The molecule has 0 aliphatic heterocycles. The van der Waals surface area contributed by atoms with Gasteiger partial charge in [-0.15, -0.1) is 0 Å². The summed E-state index contributed by atoms with van der Waals surface area (Å²) in [7, 11) is 3.36. The van der Waals surface area contributed by atoms with Gasteiger partial charge < -0.3 is 10.0 Å². The molecule has 0 atom stereocenters. The van der Waals surface area contributed by atoms with Crippen LogP contribution in [0.5, 0.6) is 0 Å². The minimum absolute atomic E-state index is 0. The molecule has 1 aliphatic rings. The minimum Gasteiger partial charge on any atom is -0.846 e. The molecule has 0 spiro atoms. The molecule has 0 unspecified atom stereocenters. The number of rotatable bonds is 2. The molecule has 0 aromatic heterocycles. The van der Waals surface area contributed by atoms with Gasteiger partial charge in [0, 0.05) is 45.4 Å². The predicted octanol–water partition coefficient (Wildman–Crippen LogP) is -2.86. The maximum Gasteiger partial charge on any atom is 1.00 e. The summed E-state index contributed by atoms with van der Waals surface area (Å²) < 4.78 is 0. The van der Waals surface area contributed by atoms with E-state index in [4.69, 9.17) is 0 Å². The van der Waals surface area contributed by atoms with Gasteiger partial charge in [0.25, 0.3) is 0 Å². The van der Waals surface area contributed by atoms with Crippen molar-refractivity contribution in [1.29, 1.82) is 0 Å². The van der Waals surface area contributed by atoms with Gasteiger partial charge in [-0.1, -0.05) is 24.8 Å². The summed E-state index contributed by atoms with van der Waals surface area (Å²) in [5, 5.41) is 11.2. The molecule has 0 bridgehead atoms. The van der Waals surface area contributed by atoms with Crippen molar-refractivity contribution in [2.75, 3.05) is 20.6 Å². The molecular weight excluding hydrogens is 190 g/mol. The Labute approximate surface area is 121 Å². The van der Waals surface area contributed by atoms with Crippen molar-refractivity contribution >= 4 is 24.9 Å². The normalized spacial score (nSPS) is 14.8. The molecule has 5 heteroatoms. The largest absolute Gasteiger partial charge is 1.00 e. The zero-order valence-electron chi connectivity index (χ0n) is 10.5. The third-order valence-corrected chi connectivity index (χ3v) is 1.89. The molecule has 1 rings (SSSR count). The first-order valence-electron chi connectivity index (χ1n) is 4.40. The van der Waals surface area contributed by atoms with Gasteiger partial charge in [0.2, 0.25) is 0 Å². The van der Waals surface area contributed by atoms with Crippen molar-refractivity contribution in [2.24, 2.45) is 4.99 Å². The van der Waals surface area contributed by atoms with Crippen molar-refractivity contribution in [3.63, 3.8) is 0 Å². The summed E-state index contributed by atoms with van der Waals surface area (Å²) in [5.41, 5.74) is 1.91. The van der Waals surface area contributed by atoms with Crippen LogP contribution in [0.4, 0.5) is 0 Å². The van der Waals surface area contributed by atoms with E-state index in [1.807, 2.05) is 24.6 Å². The fourth-order valence-electron chi connectivity index (χ4n) is 1.01. The summed E-state index contributed by atoms with van der Waals surface area (Å²) in [6.07, 6.45) is 7.67. The second-order valence-corrected chi connectivity index (χ2v) is 3.26. The van der Waals surface area contributed by atoms with Gasteiger partial charge in [-0.2, -0.15) is 0 Å². The Balaban J connectivity index is 0. The van der Waals surface area contributed by atoms with E-state index in [0.29, 0.717) is 6.54 Å². The van der Waals surface area contributed by atoms with E-state index in [-0.39, 0.29) is 43.7 Å². The molecule has 1 aliphatic carbocycles. The van der Waals surface area contributed by atoms with Crippen LogP contribution in [0.25, 0.3) is 0 Å². The van der Waals surface area contributed by atoms with Crippen molar-refractivity contribution in [3.05, 3.63) is 42.4 Å². The number of aliphatic imine (C=N–C) groups is 1. The van der Waals surface area contributed by atoms with Gasteiger partial charge in [0.15, 0.2) is 0 Å². The molecule has 0 N–H and O–H groups in total. The van der Waals surface area contributed by atoms with Crippen LogP contribution in [-0.4, -0.2) is 50.4 Å². The van der Waals surface area contributed by atoms with Crippen LogP contribution < -0.4 is 24.0 Å². The van der Waals surface area contributed by atoms with Crippen LogP contribution in [0, 0.1) is 6.42 Å². The molecule has 3 nitrogen and oxygen atoms in total. The number of allylic oxidation sites excluding steroid dienone is 3. The Kier molecular flexibility index (Phi) is 9.93. The summed E-state index contributed by atoms with van der Waals surface area (Å²) >= 11 is 0. The molecule has 0 aromatic rings. The topological polar surface area (TPSA) is 38.7 Å². The fourth-order valence-corrected chi connectivity index (χ4v) is 1.01. The second kappa shape index (κ2) is 8.79. The summed E-state index contributed by atoms with van der Waals surface area (Å²) in [6.45, 7) is 4.26. The smallest absolute Gasteiger partial charge is 0.846 e. The van der Waals surface area contributed by atoms with Crippen LogP contribution in [-0.2, 0) is 0 Å². The van der Waals surface area contributed by atoms with Gasteiger partial charge in [-0.3, -0.25) is 4.99 Å². The predicted molar refractivity (Wildman–Crippen MR) is 62.4 cm³/mol. The van der Waals surface area contributed by atoms with Gasteiger partial charge >= 0.3 is 18.9 Å². The van der Waals surface area contributed by atoms with Crippen molar-refractivity contribution < 1.29 is 24.0 Å². The average molecular weight is 204 g/mol. The van der Waals surface area contributed by atoms with Crippen LogP contribution in [0.15, 0.2) is 40.9 Å². The van der Waals surface area contributed by atoms with Crippen molar-refractivity contribution in [1.82, 2.24) is 4.90 Å². The van der Waals surface area contributed by atoms with E-state index >= 15 is 0 Å². The summed E-state index contributed by atoms with van der Waals surface area (Å²) in [5.74, 6) is 0. The van der Waals surface area contributed by atoms with Crippen molar-refractivity contribution in [3.8, 4) is 0 Å². The van der Waals surface area contributed by atoms with Gasteiger partial charge in [-0.25, -0.2) is 0 Å². The Morgan fingerprint density at radius 1 is 1.44 bits per heavy atom. The molecule has 2 radical (unpaired) electrons. The Bertz CT molecular complexity index is 320. The van der Waals surface area contributed by atoms with Crippen LogP contribution in [0.3, 0.4) is 0 Å². The number of nitrogens with zero attached hydrogens (tertiary/aromatic N) is 2. The van der Waals surface area contributed by atoms with E-state index < -0.39 is 0 Å². The van der Waals surface area contributed by atoms with E-state index in [1.54, 1.807) is 14.1 Å². The Morgan fingerprint density at radius 3 is 2.56 bits per heavy atom. The molecule has 0 amide bonds. The first kappa shape index (κ1) is 18.1. The van der Waals surface area contributed by atoms with Crippen LogP contribution >= 0.6 is 0 Å². The summed E-state index contributed by atoms with van der Waals surface area (Å²) in [4.78, 5) is 5.35. The first-order chi connectivity index (χ1) is 6.61. The molecule has 0 saturated carbocycles. The number of hydrogen-bond acceptors (Lipinski definition) is 2. The molecule has 0 fully saturated rings. The first-order valence-corrected chi connectivity index (χ1v) is 4.40. The van der Waals surface area contributed by atoms with Gasteiger partial charge in [0.05, 0.1) is 6.54 Å². The van der Waals surface area contributed by atoms with Crippen molar-refractivity contribution in [2.45, 2.75) is 0 Å². The maximum atomic E-state index is 11.2. The molecule has 0 saturated heterocycles. The molecular formula is C11H14Li2N2O. The van der Waals surface area contributed by atoms with E-state index in [9.17, 15) is 5.11 Å². The maximum absolute atomic E-state index is 11.2. The molecule has 76 valence electrons. The van der Waals surface area contributed by atoms with E-state index in [2.05, 4.69) is 11.6 Å². The number of hydrogen-bond donors (Lipinski definition) is 0. The molecule has 0 heterocycles. The fraction of sp³-hybridized carbons (Fsp3) is 0.273. The minimum atomic E-state index is -0.215. The average Bonchev–Trinajstić information content (AvgIpc) is 2.16. The number of amidine groups is 1. The monoisotopic (exact) mass is 204 g/mol. The Morgan fingerprint density at radius 2 is 2.06 bits per heavy atom. The van der Waals surface area contributed by atoms with Crippen LogP contribution in [0.2, 0.25) is 0 Å². The molecule has 16 heavy (non-hydrogen) atoms. The third-order valence-electron chi connectivity index (χ3n) is 1.89. The standard InChI is InChI=1S/C11H15N2O.2Li/c1-9-6-4-5-7-10(9)8-12-11(14)13(2)3;;/h4-7H,1,8H2,2-3H3,(H,12,14);;/q;;+1/p-1.